The third-order valence-corrected chi connectivity index (χ3v) is 3.16. The summed E-state index contributed by atoms with van der Waals surface area (Å²) in [6, 6.07) is 5.87. The number of hydrogen-bond donors (Lipinski definition) is 2. The summed E-state index contributed by atoms with van der Waals surface area (Å²) in [6.07, 6.45) is 0. The first-order valence-corrected chi connectivity index (χ1v) is 6.64. The maximum absolute atomic E-state index is 5.92. The molecule has 3 N–H and O–H groups in total. The lowest BCUT2D eigenvalue weighted by Crippen LogP contribution is -2.05. The van der Waals surface area contributed by atoms with Gasteiger partial charge in [0.05, 0.1) is 0 Å². The van der Waals surface area contributed by atoms with E-state index in [1.807, 2.05) is 26.8 Å². The molecule has 0 aliphatic heterocycles. The smallest absolute Gasteiger partial charge is 0.226 e. The maximum Gasteiger partial charge on any atom is 0.226 e. The summed E-state index contributed by atoms with van der Waals surface area (Å²) in [5, 5.41) is 3.10. The molecular weight excluding hydrogens is 252 g/mol. The number of anilines is 2. The molecule has 0 fully saturated rings. The lowest BCUT2D eigenvalue weighted by atomic mass is 10.1. The zero-order valence-corrected chi connectivity index (χ0v) is 12.3. The van der Waals surface area contributed by atoms with Crippen LogP contribution in [0.3, 0.4) is 0 Å². The SMILES string of the molecule is CCNc1cc(Oc2c(C)ccc(C)c2C)nc(N)n1. The molecule has 0 saturated heterocycles. The van der Waals surface area contributed by atoms with E-state index in [1.54, 1.807) is 6.07 Å². The van der Waals surface area contributed by atoms with Crippen molar-refractivity contribution in [3.05, 3.63) is 34.9 Å². The first-order valence-electron chi connectivity index (χ1n) is 6.64. The number of nitrogen functional groups attached to an aromatic ring is 1. The molecule has 0 saturated carbocycles. The van der Waals surface area contributed by atoms with Crippen molar-refractivity contribution in [2.75, 3.05) is 17.6 Å². The minimum absolute atomic E-state index is 0.196. The van der Waals surface area contributed by atoms with Crippen LogP contribution in [0.25, 0.3) is 0 Å². The number of aryl methyl sites for hydroxylation is 2. The average molecular weight is 272 g/mol. The minimum atomic E-state index is 0.196. The molecule has 1 aromatic carbocycles. The Labute approximate surface area is 119 Å². The Morgan fingerprint density at radius 2 is 1.85 bits per heavy atom. The van der Waals surface area contributed by atoms with Crippen molar-refractivity contribution in [2.24, 2.45) is 0 Å². The first-order chi connectivity index (χ1) is 9.51. The van der Waals surface area contributed by atoms with E-state index in [4.69, 9.17) is 10.5 Å². The summed E-state index contributed by atoms with van der Waals surface area (Å²) in [7, 11) is 0. The van der Waals surface area contributed by atoms with E-state index in [2.05, 4.69) is 28.3 Å². The highest BCUT2D eigenvalue weighted by Gasteiger charge is 2.10. The van der Waals surface area contributed by atoms with Crippen molar-refractivity contribution in [3.8, 4) is 11.6 Å². The molecule has 2 rings (SSSR count). The summed E-state index contributed by atoms with van der Waals surface area (Å²) in [6.45, 7) is 8.86. The fraction of sp³-hybridized carbons (Fsp3) is 0.333. The van der Waals surface area contributed by atoms with Gasteiger partial charge < -0.3 is 15.8 Å². The normalized spacial score (nSPS) is 10.4. The quantitative estimate of drug-likeness (QED) is 0.894. The fourth-order valence-corrected chi connectivity index (χ4v) is 1.95. The zero-order valence-electron chi connectivity index (χ0n) is 12.3. The van der Waals surface area contributed by atoms with Crippen LogP contribution in [0.15, 0.2) is 18.2 Å². The Morgan fingerprint density at radius 3 is 2.55 bits per heavy atom. The van der Waals surface area contributed by atoms with Crippen molar-refractivity contribution in [1.29, 1.82) is 0 Å². The van der Waals surface area contributed by atoms with Gasteiger partial charge in [-0.2, -0.15) is 9.97 Å². The number of ether oxygens (including phenoxy) is 1. The van der Waals surface area contributed by atoms with Crippen LogP contribution in [-0.2, 0) is 0 Å². The molecule has 2 aromatic rings. The number of nitrogens with two attached hydrogens (primary N) is 1. The van der Waals surface area contributed by atoms with Gasteiger partial charge in [-0.1, -0.05) is 12.1 Å². The Bertz CT molecular complexity index is 626. The van der Waals surface area contributed by atoms with E-state index in [0.717, 1.165) is 23.4 Å². The molecule has 0 bridgehead atoms. The molecule has 5 heteroatoms. The summed E-state index contributed by atoms with van der Waals surface area (Å²) in [4.78, 5) is 8.23. The molecule has 0 radical (unpaired) electrons. The molecule has 0 spiro atoms. The van der Waals surface area contributed by atoms with Gasteiger partial charge in [0, 0.05) is 12.6 Å². The van der Waals surface area contributed by atoms with Crippen LogP contribution >= 0.6 is 0 Å². The van der Waals surface area contributed by atoms with Crippen LogP contribution in [0.4, 0.5) is 11.8 Å². The highest BCUT2D eigenvalue weighted by Crippen LogP contribution is 2.30. The standard InChI is InChI=1S/C15H20N4O/c1-5-17-12-8-13(19-15(16)18-12)20-14-10(3)7-6-9(2)11(14)4/h6-8H,5H2,1-4H3,(H3,16,17,18,19). The third kappa shape index (κ3) is 2.99. The maximum atomic E-state index is 5.92. The van der Waals surface area contributed by atoms with Crippen molar-refractivity contribution in [3.63, 3.8) is 0 Å². The van der Waals surface area contributed by atoms with Crippen molar-refractivity contribution >= 4 is 11.8 Å². The van der Waals surface area contributed by atoms with E-state index < -0.39 is 0 Å². The summed E-state index contributed by atoms with van der Waals surface area (Å²) in [5.74, 6) is 2.13. The van der Waals surface area contributed by atoms with Gasteiger partial charge in [0.25, 0.3) is 0 Å². The second kappa shape index (κ2) is 5.77. The number of nitrogens with one attached hydrogen (secondary N) is 1. The Hall–Kier alpha value is -2.30. The van der Waals surface area contributed by atoms with E-state index in [0.29, 0.717) is 11.7 Å². The van der Waals surface area contributed by atoms with Crippen molar-refractivity contribution in [2.45, 2.75) is 27.7 Å². The summed E-state index contributed by atoms with van der Waals surface area (Å²) < 4.78 is 5.92. The van der Waals surface area contributed by atoms with Crippen LogP contribution in [0.2, 0.25) is 0 Å². The fourth-order valence-electron chi connectivity index (χ4n) is 1.95. The van der Waals surface area contributed by atoms with Crippen LogP contribution < -0.4 is 15.8 Å². The molecule has 0 aliphatic carbocycles. The zero-order chi connectivity index (χ0) is 14.7. The molecule has 5 nitrogen and oxygen atoms in total. The monoisotopic (exact) mass is 272 g/mol. The second-order valence-corrected chi connectivity index (χ2v) is 4.74. The van der Waals surface area contributed by atoms with Gasteiger partial charge in [0.2, 0.25) is 11.8 Å². The second-order valence-electron chi connectivity index (χ2n) is 4.74. The predicted octanol–water partition coefficient (Wildman–Crippen LogP) is 3.21. The number of hydrogen-bond acceptors (Lipinski definition) is 5. The van der Waals surface area contributed by atoms with Gasteiger partial charge >= 0.3 is 0 Å². The number of aromatic nitrogens is 2. The van der Waals surface area contributed by atoms with Crippen molar-refractivity contribution < 1.29 is 4.74 Å². The van der Waals surface area contributed by atoms with E-state index in [9.17, 15) is 0 Å². The predicted molar refractivity (Wildman–Crippen MR) is 81.3 cm³/mol. The number of benzene rings is 1. The van der Waals surface area contributed by atoms with Gasteiger partial charge in [-0.05, 0) is 44.4 Å². The largest absolute Gasteiger partial charge is 0.438 e. The van der Waals surface area contributed by atoms with Crippen LogP contribution in [0.5, 0.6) is 11.6 Å². The van der Waals surface area contributed by atoms with Gasteiger partial charge in [-0.3, -0.25) is 0 Å². The van der Waals surface area contributed by atoms with Gasteiger partial charge in [0.1, 0.15) is 11.6 Å². The molecule has 0 atom stereocenters. The van der Waals surface area contributed by atoms with Gasteiger partial charge in [-0.25, -0.2) is 0 Å². The Kier molecular flexibility index (Phi) is 4.08. The minimum Gasteiger partial charge on any atom is -0.438 e. The molecule has 20 heavy (non-hydrogen) atoms. The molecular formula is C15H20N4O. The van der Waals surface area contributed by atoms with E-state index in [-0.39, 0.29) is 5.95 Å². The molecule has 0 amide bonds. The molecule has 0 aliphatic rings. The van der Waals surface area contributed by atoms with Gasteiger partial charge in [0.15, 0.2) is 0 Å². The average Bonchev–Trinajstić information content (AvgIpc) is 2.39. The van der Waals surface area contributed by atoms with Gasteiger partial charge in [-0.15, -0.1) is 0 Å². The molecule has 1 heterocycles. The highest BCUT2D eigenvalue weighted by molar-refractivity contribution is 5.48. The van der Waals surface area contributed by atoms with Crippen LogP contribution in [-0.4, -0.2) is 16.5 Å². The summed E-state index contributed by atoms with van der Waals surface area (Å²) >= 11 is 0. The number of nitrogens with zero attached hydrogens (tertiary/aromatic N) is 2. The Morgan fingerprint density at radius 1 is 1.15 bits per heavy atom. The van der Waals surface area contributed by atoms with Crippen LogP contribution in [0.1, 0.15) is 23.6 Å². The lowest BCUT2D eigenvalue weighted by molar-refractivity contribution is 0.455. The molecule has 106 valence electrons. The Balaban J connectivity index is 2.37. The third-order valence-electron chi connectivity index (χ3n) is 3.16. The van der Waals surface area contributed by atoms with Crippen LogP contribution in [0, 0.1) is 20.8 Å². The van der Waals surface area contributed by atoms with E-state index in [1.165, 1.54) is 5.56 Å². The topological polar surface area (TPSA) is 73.1 Å². The molecule has 1 aromatic heterocycles. The lowest BCUT2D eigenvalue weighted by Gasteiger charge is -2.13. The highest BCUT2D eigenvalue weighted by atomic mass is 16.5. The number of rotatable bonds is 4. The van der Waals surface area contributed by atoms with E-state index >= 15 is 0 Å². The van der Waals surface area contributed by atoms with Crippen molar-refractivity contribution in [1.82, 2.24) is 9.97 Å². The first kappa shape index (κ1) is 14.1. The molecule has 0 unspecified atom stereocenters. The summed E-state index contributed by atoms with van der Waals surface area (Å²) in [5.41, 5.74) is 9.06.